The van der Waals surface area contributed by atoms with E-state index in [2.05, 4.69) is 0 Å². The highest BCUT2D eigenvalue weighted by molar-refractivity contribution is 5.93. The van der Waals surface area contributed by atoms with E-state index in [1.165, 1.54) is 6.08 Å². The third kappa shape index (κ3) is 2.01. The van der Waals surface area contributed by atoms with Crippen LogP contribution >= 0.6 is 0 Å². The summed E-state index contributed by atoms with van der Waals surface area (Å²) in [6.45, 7) is 4.47. The van der Waals surface area contributed by atoms with Crippen LogP contribution in [0.15, 0.2) is 23.8 Å². The van der Waals surface area contributed by atoms with Crippen LogP contribution in [-0.4, -0.2) is 50.9 Å². The molecule has 0 aromatic heterocycles. The predicted octanol–water partition coefficient (Wildman–Crippen LogP) is 1.90. The number of hydrogen-bond acceptors (Lipinski definition) is 5. The molecule has 8 atom stereocenters. The smallest absolute Gasteiger partial charge is 0.190 e. The Morgan fingerprint density at radius 2 is 2.00 bits per heavy atom. The molecule has 0 radical (unpaired) electrons. The molecule has 28 heavy (non-hydrogen) atoms. The Hall–Kier alpha value is -1.37. The highest BCUT2D eigenvalue weighted by atomic mass is 19.1. The van der Waals surface area contributed by atoms with Gasteiger partial charge in [0.1, 0.15) is 12.2 Å². The normalized spacial score (nSPS) is 52.5. The summed E-state index contributed by atoms with van der Waals surface area (Å²) >= 11 is 0. The molecule has 2 fully saturated rings. The van der Waals surface area contributed by atoms with Gasteiger partial charge >= 0.3 is 0 Å². The average molecular weight is 392 g/mol. The lowest BCUT2D eigenvalue weighted by atomic mass is 9.45. The quantitative estimate of drug-likeness (QED) is 0.624. The summed E-state index contributed by atoms with van der Waals surface area (Å²) in [5.41, 5.74) is -5.18. The molecule has 4 aliphatic carbocycles. The first-order valence-corrected chi connectivity index (χ1v) is 10.1. The van der Waals surface area contributed by atoms with Crippen LogP contribution in [0.25, 0.3) is 0 Å². The highest BCUT2D eigenvalue weighted by Gasteiger charge is 2.75. The van der Waals surface area contributed by atoms with Crippen LogP contribution in [-0.2, 0) is 9.59 Å². The molecule has 0 aliphatic heterocycles. The third-order valence-corrected chi connectivity index (χ3v) is 8.75. The van der Waals surface area contributed by atoms with Crippen molar-refractivity contribution in [3.05, 3.63) is 23.8 Å². The minimum absolute atomic E-state index is 0.0676. The van der Waals surface area contributed by atoms with E-state index in [1.54, 1.807) is 26.8 Å². The Morgan fingerprint density at radius 1 is 1.32 bits per heavy atom. The molecule has 4 rings (SSSR count). The first-order valence-electron chi connectivity index (χ1n) is 10.1. The number of aliphatic hydroxyl groups is 3. The summed E-state index contributed by atoms with van der Waals surface area (Å²) in [7, 11) is 0. The third-order valence-electron chi connectivity index (χ3n) is 8.75. The van der Waals surface area contributed by atoms with Crippen molar-refractivity contribution in [1.82, 2.24) is 0 Å². The fourth-order valence-electron chi connectivity index (χ4n) is 7.17. The molecule has 0 aromatic carbocycles. The van der Waals surface area contributed by atoms with E-state index < -0.39 is 52.4 Å². The Bertz CT molecular complexity index is 805. The number of ketones is 2. The molecular weight excluding hydrogens is 363 g/mol. The molecule has 5 nitrogen and oxygen atoms in total. The maximum Gasteiger partial charge on any atom is 0.190 e. The lowest BCUT2D eigenvalue weighted by Crippen LogP contribution is -2.69. The number of fused-ring (bicyclic) bond motifs is 5. The number of Topliss-reactive ketones (excluding diaryl/α,β-unsaturated/α-hetero) is 1. The molecule has 2 saturated carbocycles. The van der Waals surface area contributed by atoms with E-state index >= 15 is 4.39 Å². The van der Waals surface area contributed by atoms with Gasteiger partial charge < -0.3 is 15.3 Å². The van der Waals surface area contributed by atoms with E-state index in [9.17, 15) is 24.9 Å². The van der Waals surface area contributed by atoms with E-state index in [1.807, 2.05) is 6.08 Å². The van der Waals surface area contributed by atoms with Gasteiger partial charge in [-0.3, -0.25) is 9.59 Å². The molecule has 0 amide bonds. The second-order valence-corrected chi connectivity index (χ2v) is 9.75. The fraction of sp³-hybridized carbons (Fsp3) is 0.727. The summed E-state index contributed by atoms with van der Waals surface area (Å²) < 4.78 is 16.9. The van der Waals surface area contributed by atoms with Gasteiger partial charge in [0.2, 0.25) is 0 Å². The van der Waals surface area contributed by atoms with Gasteiger partial charge in [0, 0.05) is 23.2 Å². The second kappa shape index (κ2) is 5.83. The summed E-state index contributed by atoms with van der Waals surface area (Å²) in [5.74, 6) is -2.09. The molecule has 0 spiro atoms. The van der Waals surface area contributed by atoms with Gasteiger partial charge in [0.05, 0.1) is 6.10 Å². The van der Waals surface area contributed by atoms with E-state index in [0.717, 1.165) is 0 Å². The maximum absolute atomic E-state index is 16.9. The van der Waals surface area contributed by atoms with Crippen molar-refractivity contribution >= 4 is 11.6 Å². The van der Waals surface area contributed by atoms with Gasteiger partial charge in [0.15, 0.2) is 17.2 Å². The van der Waals surface area contributed by atoms with Crippen molar-refractivity contribution in [3.8, 4) is 0 Å². The summed E-state index contributed by atoms with van der Waals surface area (Å²) in [6, 6.07) is 0. The standard InChI is InChI=1S/C22H29FO5/c1-12-8-16-15-5-4-13-9-14(25)6-7-19(13,2)21(15,23)17(26)10-20(16,3)22(12,28)18(27)11-24/h4,6-7,12,15-17,24,26,28H,5,8-11H2,1-3H3/t12-,15?,16?,17?,19?,20?,21?,22+/m1/s1. The molecule has 0 saturated heterocycles. The minimum atomic E-state index is -1.98. The molecule has 6 heteroatoms. The minimum Gasteiger partial charge on any atom is -0.390 e. The molecule has 3 N–H and O–H groups in total. The lowest BCUT2D eigenvalue weighted by Gasteiger charge is -2.62. The number of aliphatic hydroxyl groups excluding tert-OH is 2. The summed E-state index contributed by atoms with van der Waals surface area (Å²) in [5, 5.41) is 32.0. The van der Waals surface area contributed by atoms with Crippen LogP contribution in [0.3, 0.4) is 0 Å². The molecule has 0 bridgehead atoms. The Labute approximate surface area is 164 Å². The number of carbonyl (C=O) groups excluding carboxylic acids is 2. The van der Waals surface area contributed by atoms with Gasteiger partial charge in [-0.15, -0.1) is 0 Å². The number of alkyl halides is 1. The van der Waals surface area contributed by atoms with E-state index in [0.29, 0.717) is 18.4 Å². The van der Waals surface area contributed by atoms with Crippen molar-refractivity contribution in [2.45, 2.75) is 63.8 Å². The van der Waals surface area contributed by atoms with E-state index in [4.69, 9.17) is 0 Å². The average Bonchev–Trinajstić information content (AvgIpc) is 2.84. The topological polar surface area (TPSA) is 94.8 Å². The Kier molecular flexibility index (Phi) is 4.15. The van der Waals surface area contributed by atoms with Gasteiger partial charge in [-0.25, -0.2) is 4.39 Å². The Morgan fingerprint density at radius 3 is 2.64 bits per heavy atom. The zero-order valence-corrected chi connectivity index (χ0v) is 16.6. The van der Waals surface area contributed by atoms with Crippen molar-refractivity contribution in [2.75, 3.05) is 6.61 Å². The number of allylic oxidation sites excluding steroid dienone is 4. The van der Waals surface area contributed by atoms with Crippen LogP contribution in [0.1, 0.15) is 46.5 Å². The molecular formula is C22H29FO5. The molecule has 0 heterocycles. The fourth-order valence-corrected chi connectivity index (χ4v) is 7.17. The lowest BCUT2D eigenvalue weighted by molar-refractivity contribution is -0.215. The predicted molar refractivity (Wildman–Crippen MR) is 99.9 cm³/mol. The van der Waals surface area contributed by atoms with Gasteiger partial charge in [-0.05, 0) is 44.1 Å². The van der Waals surface area contributed by atoms with Crippen molar-refractivity contribution in [3.63, 3.8) is 0 Å². The van der Waals surface area contributed by atoms with Gasteiger partial charge in [-0.2, -0.15) is 0 Å². The zero-order valence-electron chi connectivity index (χ0n) is 16.6. The maximum atomic E-state index is 16.9. The van der Waals surface area contributed by atoms with Crippen molar-refractivity contribution in [2.24, 2.45) is 28.6 Å². The van der Waals surface area contributed by atoms with Gasteiger partial charge in [-0.1, -0.05) is 31.6 Å². The summed E-state index contributed by atoms with van der Waals surface area (Å²) in [4.78, 5) is 24.4. The summed E-state index contributed by atoms with van der Waals surface area (Å²) in [6.07, 6.45) is 4.41. The first-order chi connectivity index (χ1) is 13.0. The van der Waals surface area contributed by atoms with Crippen LogP contribution in [0.4, 0.5) is 4.39 Å². The number of rotatable bonds is 2. The van der Waals surface area contributed by atoms with Gasteiger partial charge in [0.25, 0.3) is 0 Å². The molecule has 6 unspecified atom stereocenters. The first kappa shape index (κ1) is 19.9. The highest BCUT2D eigenvalue weighted by Crippen LogP contribution is 2.70. The van der Waals surface area contributed by atoms with Crippen LogP contribution in [0.5, 0.6) is 0 Å². The second-order valence-electron chi connectivity index (χ2n) is 9.75. The number of hydrogen-bond donors (Lipinski definition) is 3. The number of carbonyl (C=O) groups is 2. The SMILES string of the molecule is C[C@@H]1CC2C3CC=C4CC(=O)C=CC4(C)C3(F)C(O)CC2(C)[C@@]1(O)C(=O)CO. The zero-order chi connectivity index (χ0) is 20.7. The van der Waals surface area contributed by atoms with Crippen molar-refractivity contribution in [1.29, 1.82) is 0 Å². The molecule has 4 aliphatic rings. The monoisotopic (exact) mass is 392 g/mol. The van der Waals surface area contributed by atoms with Crippen LogP contribution < -0.4 is 0 Å². The Balaban J connectivity index is 1.85. The van der Waals surface area contributed by atoms with Crippen LogP contribution in [0.2, 0.25) is 0 Å². The number of halogens is 1. The van der Waals surface area contributed by atoms with Crippen molar-refractivity contribution < 1.29 is 29.3 Å². The largest absolute Gasteiger partial charge is 0.390 e. The van der Waals surface area contributed by atoms with E-state index in [-0.39, 0.29) is 24.5 Å². The molecule has 154 valence electrons. The van der Waals surface area contributed by atoms with Crippen LogP contribution in [0, 0.1) is 28.6 Å². The molecule has 0 aromatic rings.